The number of carbonyl (C=O) groups is 2. The molecule has 0 saturated carbocycles. The Morgan fingerprint density at radius 2 is 1.77 bits per heavy atom. The molecule has 2 aromatic carbocycles. The van der Waals surface area contributed by atoms with Crippen LogP contribution < -0.4 is 9.64 Å². The number of rotatable bonds is 1. The number of fused-ring (bicyclic) bond motifs is 2. The highest BCUT2D eigenvalue weighted by molar-refractivity contribution is 6.27. The lowest BCUT2D eigenvalue weighted by Crippen LogP contribution is -2.28. The van der Waals surface area contributed by atoms with Crippen LogP contribution in [0.1, 0.15) is 15.9 Å². The number of hydrogen-bond acceptors (Lipinski definition) is 4. The third-order valence-corrected chi connectivity index (χ3v) is 4.01. The fraction of sp³-hybridized carbons (Fsp3) is 0.111. The standard InChI is InChI=1S/C18H13NO3/c20-17-13-6-2-4-8-16(13)22-18(21)14(17)11-19-10-9-12-5-1-3-7-15(12)19/h1-8,11H,9-10H2/b14-11+. The summed E-state index contributed by atoms with van der Waals surface area (Å²) in [5.74, 6) is -0.541. The molecule has 2 aliphatic heterocycles. The number of benzene rings is 2. The lowest BCUT2D eigenvalue weighted by atomic mass is 10.0. The Kier molecular flexibility index (Phi) is 2.82. The van der Waals surface area contributed by atoms with Crippen LogP contribution in [0.15, 0.2) is 60.3 Å². The van der Waals surface area contributed by atoms with E-state index in [4.69, 9.17) is 4.74 Å². The summed E-state index contributed by atoms with van der Waals surface area (Å²) < 4.78 is 5.26. The highest BCUT2D eigenvalue weighted by Gasteiger charge is 2.32. The van der Waals surface area contributed by atoms with Crippen molar-refractivity contribution >= 4 is 17.4 Å². The fourth-order valence-corrected chi connectivity index (χ4v) is 2.90. The van der Waals surface area contributed by atoms with Crippen LogP contribution in [0.2, 0.25) is 0 Å². The number of ether oxygens (including phenoxy) is 1. The lowest BCUT2D eigenvalue weighted by Gasteiger charge is -2.20. The number of esters is 1. The summed E-state index contributed by atoms with van der Waals surface area (Å²) >= 11 is 0. The molecule has 0 fully saturated rings. The minimum absolute atomic E-state index is 0.0791. The van der Waals surface area contributed by atoms with Crippen molar-refractivity contribution < 1.29 is 14.3 Å². The Bertz CT molecular complexity index is 823. The Labute approximate surface area is 127 Å². The van der Waals surface area contributed by atoms with Gasteiger partial charge in [-0.1, -0.05) is 30.3 Å². The second-order valence-corrected chi connectivity index (χ2v) is 5.33. The van der Waals surface area contributed by atoms with E-state index in [1.54, 1.807) is 30.5 Å². The number of ketones is 1. The van der Waals surface area contributed by atoms with E-state index in [2.05, 4.69) is 6.07 Å². The predicted molar refractivity (Wildman–Crippen MR) is 82.0 cm³/mol. The number of Topliss-reactive ketones (excluding diaryl/α,β-unsaturated/α-hetero) is 1. The quantitative estimate of drug-likeness (QED) is 0.351. The summed E-state index contributed by atoms with van der Waals surface area (Å²) in [7, 11) is 0. The second kappa shape index (κ2) is 4.84. The minimum Gasteiger partial charge on any atom is -0.422 e. The second-order valence-electron chi connectivity index (χ2n) is 5.33. The highest BCUT2D eigenvalue weighted by atomic mass is 16.5. The van der Waals surface area contributed by atoms with E-state index >= 15 is 0 Å². The molecule has 0 radical (unpaired) electrons. The van der Waals surface area contributed by atoms with Crippen LogP contribution in [0.3, 0.4) is 0 Å². The van der Waals surface area contributed by atoms with Gasteiger partial charge in [-0.05, 0) is 30.2 Å². The first-order valence-electron chi connectivity index (χ1n) is 7.16. The Morgan fingerprint density at radius 3 is 2.68 bits per heavy atom. The molecule has 4 nitrogen and oxygen atoms in total. The Hall–Kier alpha value is -2.88. The summed E-state index contributed by atoms with van der Waals surface area (Å²) in [5, 5.41) is 0. The number of hydrogen-bond donors (Lipinski definition) is 0. The van der Waals surface area contributed by atoms with Crippen molar-refractivity contribution in [2.75, 3.05) is 11.4 Å². The zero-order chi connectivity index (χ0) is 15.1. The van der Waals surface area contributed by atoms with Gasteiger partial charge in [0, 0.05) is 18.4 Å². The maximum atomic E-state index is 12.5. The molecule has 0 atom stereocenters. The van der Waals surface area contributed by atoms with Crippen LogP contribution in [0.5, 0.6) is 5.75 Å². The predicted octanol–water partition coefficient (Wildman–Crippen LogP) is 2.73. The monoisotopic (exact) mass is 291 g/mol. The minimum atomic E-state index is -0.590. The Balaban J connectivity index is 1.75. The van der Waals surface area contributed by atoms with Crippen molar-refractivity contribution in [1.82, 2.24) is 0 Å². The van der Waals surface area contributed by atoms with E-state index in [0.29, 0.717) is 11.3 Å². The van der Waals surface area contributed by atoms with Gasteiger partial charge in [0.1, 0.15) is 11.3 Å². The van der Waals surface area contributed by atoms with Crippen LogP contribution in [0, 0.1) is 0 Å². The van der Waals surface area contributed by atoms with Crippen LogP contribution in [-0.4, -0.2) is 18.3 Å². The molecule has 0 N–H and O–H groups in total. The largest absolute Gasteiger partial charge is 0.422 e. The van der Waals surface area contributed by atoms with Crippen molar-refractivity contribution in [3.8, 4) is 5.75 Å². The summed E-state index contributed by atoms with van der Waals surface area (Å²) in [6.07, 6.45) is 2.52. The molecule has 22 heavy (non-hydrogen) atoms. The van der Waals surface area contributed by atoms with E-state index in [9.17, 15) is 9.59 Å². The molecule has 0 aliphatic carbocycles. The van der Waals surface area contributed by atoms with Crippen LogP contribution in [-0.2, 0) is 11.2 Å². The zero-order valence-corrected chi connectivity index (χ0v) is 11.8. The van der Waals surface area contributed by atoms with Crippen LogP contribution >= 0.6 is 0 Å². The van der Waals surface area contributed by atoms with Crippen molar-refractivity contribution in [3.63, 3.8) is 0 Å². The smallest absolute Gasteiger partial charge is 0.349 e. The van der Waals surface area contributed by atoms with Crippen molar-refractivity contribution in [1.29, 1.82) is 0 Å². The average Bonchev–Trinajstić information content (AvgIpc) is 2.95. The first-order chi connectivity index (χ1) is 10.7. The van der Waals surface area contributed by atoms with Gasteiger partial charge >= 0.3 is 5.97 Å². The molecule has 0 spiro atoms. The van der Waals surface area contributed by atoms with Gasteiger partial charge in [0.15, 0.2) is 0 Å². The van der Waals surface area contributed by atoms with Gasteiger partial charge in [0.2, 0.25) is 5.78 Å². The summed E-state index contributed by atoms with van der Waals surface area (Å²) in [5.41, 5.74) is 2.77. The molecule has 0 unspecified atom stereocenters. The van der Waals surface area contributed by atoms with Gasteiger partial charge in [-0.15, -0.1) is 0 Å². The molecule has 4 heteroatoms. The molecule has 0 aromatic heterocycles. The van der Waals surface area contributed by atoms with Crippen LogP contribution in [0.25, 0.3) is 0 Å². The van der Waals surface area contributed by atoms with E-state index in [1.165, 1.54) is 5.56 Å². The molecule has 2 aromatic rings. The maximum Gasteiger partial charge on any atom is 0.349 e. The van der Waals surface area contributed by atoms with Gasteiger partial charge in [-0.3, -0.25) is 4.79 Å². The van der Waals surface area contributed by atoms with Crippen molar-refractivity contribution in [3.05, 3.63) is 71.4 Å². The van der Waals surface area contributed by atoms with Gasteiger partial charge < -0.3 is 9.64 Å². The van der Waals surface area contributed by atoms with Crippen molar-refractivity contribution in [2.45, 2.75) is 6.42 Å². The topological polar surface area (TPSA) is 46.6 Å². The third kappa shape index (κ3) is 1.92. The lowest BCUT2D eigenvalue weighted by molar-refractivity contribution is -0.130. The number of anilines is 1. The van der Waals surface area contributed by atoms with Gasteiger partial charge in [-0.2, -0.15) is 0 Å². The molecule has 2 heterocycles. The molecule has 108 valence electrons. The average molecular weight is 291 g/mol. The molecular weight excluding hydrogens is 278 g/mol. The van der Waals surface area contributed by atoms with Gasteiger partial charge in [0.05, 0.1) is 5.56 Å². The first-order valence-corrected chi connectivity index (χ1v) is 7.16. The molecule has 0 amide bonds. The number of nitrogens with zero attached hydrogens (tertiary/aromatic N) is 1. The van der Waals surface area contributed by atoms with E-state index in [-0.39, 0.29) is 11.4 Å². The number of carbonyl (C=O) groups excluding carboxylic acids is 2. The van der Waals surface area contributed by atoms with Gasteiger partial charge in [-0.25, -0.2) is 4.79 Å². The summed E-state index contributed by atoms with van der Waals surface area (Å²) in [6, 6.07) is 14.8. The molecule has 0 bridgehead atoms. The fourth-order valence-electron chi connectivity index (χ4n) is 2.90. The third-order valence-electron chi connectivity index (χ3n) is 4.01. The molecular formula is C18H13NO3. The van der Waals surface area contributed by atoms with Gasteiger partial charge in [0.25, 0.3) is 0 Å². The molecule has 4 rings (SSSR count). The summed E-state index contributed by atoms with van der Waals surface area (Å²) in [4.78, 5) is 26.6. The highest BCUT2D eigenvalue weighted by Crippen LogP contribution is 2.31. The van der Waals surface area contributed by atoms with Crippen LogP contribution in [0.4, 0.5) is 5.69 Å². The zero-order valence-electron chi connectivity index (χ0n) is 11.8. The van der Waals surface area contributed by atoms with E-state index < -0.39 is 5.97 Å². The number of para-hydroxylation sites is 2. The SMILES string of the molecule is O=C1Oc2ccccc2C(=O)/C1=C\N1CCc2ccccc21. The Morgan fingerprint density at radius 1 is 1.00 bits per heavy atom. The first kappa shape index (κ1) is 12.8. The van der Waals surface area contributed by atoms with E-state index in [1.807, 2.05) is 23.1 Å². The summed E-state index contributed by atoms with van der Waals surface area (Å²) in [6.45, 7) is 0.755. The molecule has 2 aliphatic rings. The normalized spacial score (nSPS) is 18.2. The molecule has 0 saturated heterocycles. The van der Waals surface area contributed by atoms with E-state index in [0.717, 1.165) is 18.7 Å². The maximum absolute atomic E-state index is 12.5. The van der Waals surface area contributed by atoms with Crippen molar-refractivity contribution in [2.24, 2.45) is 0 Å².